The first kappa shape index (κ1) is 20.4. The molecule has 1 atom stereocenters. The Morgan fingerprint density at radius 1 is 0.941 bits per heavy atom. The first-order valence-electron chi connectivity index (χ1n) is 6.93. The fourth-order valence-corrected chi connectivity index (χ4v) is 2.01. The quantitative estimate of drug-likeness (QED) is 0.398. The van der Waals surface area contributed by atoms with Gasteiger partial charge in [0.25, 0.3) is 0 Å². The van der Waals surface area contributed by atoms with Gasteiger partial charge in [0.1, 0.15) is 0 Å². The molecule has 96 valence electrons. The van der Waals surface area contributed by atoms with Crippen molar-refractivity contribution in [3.63, 3.8) is 0 Å². The van der Waals surface area contributed by atoms with Crippen molar-refractivity contribution in [2.45, 2.75) is 78.1 Å². The van der Waals surface area contributed by atoms with E-state index in [1.54, 1.807) is 0 Å². The maximum Gasteiger partial charge on any atom is 1.00 e. The van der Waals surface area contributed by atoms with Crippen LogP contribution in [0.25, 0.3) is 0 Å². The summed E-state index contributed by atoms with van der Waals surface area (Å²) in [4.78, 5) is 10.7. The zero-order chi connectivity index (χ0) is 12.2. The molecule has 0 heterocycles. The summed E-state index contributed by atoms with van der Waals surface area (Å²) in [7, 11) is 0. The van der Waals surface area contributed by atoms with Crippen LogP contribution in [0.5, 0.6) is 0 Å². The molecule has 17 heavy (non-hydrogen) atoms. The van der Waals surface area contributed by atoms with Crippen molar-refractivity contribution in [1.82, 2.24) is 0 Å². The summed E-state index contributed by atoms with van der Waals surface area (Å²) in [5.74, 6) is -1.09. The minimum atomic E-state index is -0.870. The second-order valence-corrected chi connectivity index (χ2v) is 4.69. The topological polar surface area (TPSA) is 40.1 Å². The van der Waals surface area contributed by atoms with Crippen molar-refractivity contribution in [3.05, 3.63) is 0 Å². The van der Waals surface area contributed by atoms with Crippen LogP contribution in [0.3, 0.4) is 0 Å². The molecule has 0 aromatic carbocycles. The van der Waals surface area contributed by atoms with Gasteiger partial charge in [0, 0.05) is 5.97 Å². The van der Waals surface area contributed by atoms with Gasteiger partial charge in [0.2, 0.25) is 0 Å². The minimum Gasteiger partial charge on any atom is -0.550 e. The summed E-state index contributed by atoms with van der Waals surface area (Å²) in [6.45, 7) is 4.15. The van der Waals surface area contributed by atoms with Gasteiger partial charge in [0.05, 0.1) is 0 Å². The second-order valence-electron chi connectivity index (χ2n) is 4.69. The Hall–Kier alpha value is 1.11. The van der Waals surface area contributed by atoms with E-state index >= 15 is 0 Å². The number of hydrogen-bond acceptors (Lipinski definition) is 2. The van der Waals surface area contributed by atoms with Crippen molar-refractivity contribution in [2.75, 3.05) is 0 Å². The Morgan fingerprint density at radius 2 is 1.41 bits per heavy atom. The fourth-order valence-electron chi connectivity index (χ4n) is 2.01. The number of unbranched alkanes of at least 4 members (excludes halogenated alkanes) is 7. The van der Waals surface area contributed by atoms with Gasteiger partial charge in [-0.2, -0.15) is 0 Å². The molecule has 0 bridgehead atoms. The molecule has 0 radical (unpaired) electrons. The molecule has 0 fully saturated rings. The molecule has 0 N–H and O–H groups in total. The fraction of sp³-hybridized carbons (Fsp3) is 0.929. The zero-order valence-electron chi connectivity index (χ0n) is 12.0. The summed E-state index contributed by atoms with van der Waals surface area (Å²) in [6.07, 6.45) is 11.6. The smallest absolute Gasteiger partial charge is 0.550 e. The first-order chi connectivity index (χ1) is 7.72. The molecule has 0 aliphatic carbocycles. The molecule has 1 unspecified atom stereocenters. The number of carboxylic acids is 1. The number of rotatable bonds is 11. The Labute approximate surface area is 149 Å². The third-order valence-electron chi connectivity index (χ3n) is 3.23. The monoisotopic (exact) mass is 266 g/mol. The molecule has 0 aliphatic rings. The van der Waals surface area contributed by atoms with Gasteiger partial charge in [0.15, 0.2) is 0 Å². The molecule has 0 aromatic heterocycles. The van der Waals surface area contributed by atoms with Crippen LogP contribution in [0.4, 0.5) is 0 Å². The Bertz CT molecular complexity index is 172. The van der Waals surface area contributed by atoms with E-state index in [-0.39, 0.29) is 57.3 Å². The summed E-state index contributed by atoms with van der Waals surface area (Å²) in [5.41, 5.74) is 0. The molecule has 3 heteroatoms. The summed E-state index contributed by atoms with van der Waals surface area (Å²) < 4.78 is 0. The summed E-state index contributed by atoms with van der Waals surface area (Å²) >= 11 is 0. The number of aliphatic carboxylic acids is 1. The average Bonchev–Trinajstić information content (AvgIpc) is 2.26. The van der Waals surface area contributed by atoms with Gasteiger partial charge >= 0.3 is 51.4 Å². The van der Waals surface area contributed by atoms with Gasteiger partial charge in [-0.25, -0.2) is 0 Å². The summed E-state index contributed by atoms with van der Waals surface area (Å²) in [5, 5.41) is 10.7. The van der Waals surface area contributed by atoms with E-state index in [2.05, 4.69) is 6.92 Å². The van der Waals surface area contributed by atoms with Gasteiger partial charge < -0.3 is 9.90 Å². The molecule has 0 aliphatic heterocycles. The van der Waals surface area contributed by atoms with E-state index in [4.69, 9.17) is 0 Å². The number of carbonyl (C=O) groups is 1. The van der Waals surface area contributed by atoms with E-state index in [0.29, 0.717) is 6.42 Å². The van der Waals surface area contributed by atoms with Crippen LogP contribution in [0, 0.1) is 5.92 Å². The van der Waals surface area contributed by atoms with Crippen LogP contribution in [0.15, 0.2) is 0 Å². The van der Waals surface area contributed by atoms with Gasteiger partial charge in [-0.05, 0) is 18.8 Å². The molecule has 0 saturated heterocycles. The van der Waals surface area contributed by atoms with Crippen LogP contribution in [0.1, 0.15) is 78.1 Å². The van der Waals surface area contributed by atoms with Gasteiger partial charge in [-0.15, -0.1) is 0 Å². The largest absolute Gasteiger partial charge is 1.00 e. The van der Waals surface area contributed by atoms with Crippen molar-refractivity contribution >= 4 is 5.97 Å². The van der Waals surface area contributed by atoms with E-state index in [1.165, 1.54) is 44.9 Å². The molecule has 0 aromatic rings. The van der Waals surface area contributed by atoms with E-state index < -0.39 is 5.97 Å². The van der Waals surface area contributed by atoms with Crippen molar-refractivity contribution in [2.24, 2.45) is 5.92 Å². The first-order valence-corrected chi connectivity index (χ1v) is 6.93. The maximum atomic E-state index is 10.7. The third-order valence-corrected chi connectivity index (χ3v) is 3.23. The van der Waals surface area contributed by atoms with E-state index in [1.807, 2.05) is 6.92 Å². The molecule has 0 saturated carbocycles. The molecular formula is C14H27KO2. The van der Waals surface area contributed by atoms with Crippen LogP contribution < -0.4 is 56.5 Å². The second kappa shape index (κ2) is 15.2. The Balaban J connectivity index is 0. The van der Waals surface area contributed by atoms with Crippen LogP contribution >= 0.6 is 0 Å². The molecule has 0 spiro atoms. The Morgan fingerprint density at radius 3 is 1.82 bits per heavy atom. The van der Waals surface area contributed by atoms with Gasteiger partial charge in [-0.3, -0.25) is 0 Å². The van der Waals surface area contributed by atoms with E-state index in [0.717, 1.165) is 12.8 Å². The number of hydrogen-bond donors (Lipinski definition) is 0. The SMILES string of the molecule is CCCCCCCCCCC(CC)C(=O)[O-].[K+]. The van der Waals surface area contributed by atoms with Crippen LogP contribution in [-0.2, 0) is 4.79 Å². The predicted octanol–water partition coefficient (Wildman–Crippen LogP) is 0.297. The van der Waals surface area contributed by atoms with Crippen molar-refractivity contribution in [1.29, 1.82) is 0 Å². The normalized spacial score (nSPS) is 11.9. The third kappa shape index (κ3) is 13.3. The number of carbonyl (C=O) groups excluding carboxylic acids is 1. The van der Waals surface area contributed by atoms with Crippen molar-refractivity contribution < 1.29 is 61.3 Å². The van der Waals surface area contributed by atoms with Crippen molar-refractivity contribution in [3.8, 4) is 0 Å². The standard InChI is InChI=1S/C14H28O2.K/c1-3-5-6-7-8-9-10-11-12-13(4-2)14(15)16;/h13H,3-12H2,1-2H3,(H,15,16);/q;+1/p-1. The zero-order valence-corrected chi connectivity index (χ0v) is 15.1. The van der Waals surface area contributed by atoms with Crippen LogP contribution in [-0.4, -0.2) is 5.97 Å². The van der Waals surface area contributed by atoms with E-state index in [9.17, 15) is 9.90 Å². The van der Waals surface area contributed by atoms with Gasteiger partial charge in [-0.1, -0.05) is 65.2 Å². The molecule has 0 rings (SSSR count). The summed E-state index contributed by atoms with van der Waals surface area (Å²) in [6, 6.07) is 0. The molecular weight excluding hydrogens is 239 g/mol. The Kier molecular flexibility index (Phi) is 18.2. The molecule has 2 nitrogen and oxygen atoms in total. The molecule has 0 amide bonds. The minimum absolute atomic E-state index is 0. The predicted molar refractivity (Wildman–Crippen MR) is 66.0 cm³/mol. The van der Waals surface area contributed by atoms with Crippen LogP contribution in [0.2, 0.25) is 0 Å². The average molecular weight is 266 g/mol. The maximum absolute atomic E-state index is 10.7. The number of carboxylic acid groups (broad SMARTS) is 1.